The monoisotopic (exact) mass is 360 g/mol. The summed E-state index contributed by atoms with van der Waals surface area (Å²) in [5.41, 5.74) is 0.124. The Bertz CT molecular complexity index is 751. The maximum atomic E-state index is 12.2. The number of benzene rings is 1. The number of carboxylic acids is 1. The van der Waals surface area contributed by atoms with Gasteiger partial charge in [0, 0.05) is 19.3 Å². The van der Waals surface area contributed by atoms with Gasteiger partial charge >= 0.3 is 5.97 Å². The first-order chi connectivity index (χ1) is 12.0. The van der Waals surface area contributed by atoms with Gasteiger partial charge in [-0.05, 0) is 49.1 Å². The molecule has 1 aliphatic rings. The highest BCUT2D eigenvalue weighted by atomic mass is 35.5. The zero-order valence-corrected chi connectivity index (χ0v) is 14.9. The van der Waals surface area contributed by atoms with E-state index in [2.05, 4.69) is 4.98 Å². The number of aromatic nitrogens is 1. The molecule has 6 heteroatoms. The number of halogens is 1. The van der Waals surface area contributed by atoms with Crippen LogP contribution in [-0.4, -0.2) is 36.3 Å². The Balaban J connectivity index is 1.86. The second-order valence-corrected chi connectivity index (χ2v) is 6.91. The van der Waals surface area contributed by atoms with E-state index in [0.717, 1.165) is 30.1 Å². The van der Waals surface area contributed by atoms with Gasteiger partial charge in [-0.15, -0.1) is 0 Å². The summed E-state index contributed by atoms with van der Waals surface area (Å²) in [5.74, 6) is 0.736. The third kappa shape index (κ3) is 3.87. The summed E-state index contributed by atoms with van der Waals surface area (Å²) in [6.07, 6.45) is 3.50. The predicted molar refractivity (Wildman–Crippen MR) is 97.5 cm³/mol. The lowest BCUT2D eigenvalue weighted by Gasteiger charge is -2.40. The Morgan fingerprint density at radius 1 is 1.40 bits per heavy atom. The number of ether oxygens (including phenoxy) is 1. The van der Waals surface area contributed by atoms with Crippen LogP contribution < -0.4 is 9.64 Å². The standard InChI is InChI=1S/C19H21ClN2O3/c1-25-16-5-2-4-14(10-16)11-19(18(23)24)8-3-9-22(13-19)17-7-6-15(20)12-21-17/h2,4-7,10,12H,3,8-9,11,13H2,1H3,(H,23,24)/t19-/m0/s1. The van der Waals surface area contributed by atoms with Crippen LogP contribution >= 0.6 is 11.6 Å². The molecule has 0 spiro atoms. The molecule has 0 saturated carbocycles. The molecule has 0 amide bonds. The van der Waals surface area contributed by atoms with Gasteiger partial charge in [0.25, 0.3) is 0 Å². The number of anilines is 1. The molecule has 2 aromatic rings. The topological polar surface area (TPSA) is 62.7 Å². The van der Waals surface area contributed by atoms with E-state index < -0.39 is 11.4 Å². The first-order valence-corrected chi connectivity index (χ1v) is 8.63. The summed E-state index contributed by atoms with van der Waals surface area (Å²) in [7, 11) is 1.61. The van der Waals surface area contributed by atoms with Crippen molar-refractivity contribution in [1.82, 2.24) is 4.98 Å². The molecule has 1 N–H and O–H groups in total. The minimum atomic E-state index is -0.841. The van der Waals surface area contributed by atoms with Crippen molar-refractivity contribution in [2.45, 2.75) is 19.3 Å². The van der Waals surface area contributed by atoms with Gasteiger partial charge in [-0.3, -0.25) is 4.79 Å². The molecule has 3 rings (SSSR count). The van der Waals surface area contributed by atoms with Gasteiger partial charge in [-0.25, -0.2) is 4.98 Å². The van der Waals surface area contributed by atoms with Crippen LogP contribution in [0.1, 0.15) is 18.4 Å². The maximum absolute atomic E-state index is 12.2. The molecule has 0 unspecified atom stereocenters. The SMILES string of the molecule is COc1cccc(C[C@@]2(C(=O)O)CCCN(c3ccc(Cl)cn3)C2)c1. The van der Waals surface area contributed by atoms with Crippen molar-refractivity contribution in [2.75, 3.05) is 25.1 Å². The van der Waals surface area contributed by atoms with Crippen molar-refractivity contribution in [1.29, 1.82) is 0 Å². The Morgan fingerprint density at radius 2 is 2.24 bits per heavy atom. The number of piperidine rings is 1. The van der Waals surface area contributed by atoms with Crippen LogP contribution in [0, 0.1) is 5.41 Å². The maximum Gasteiger partial charge on any atom is 0.311 e. The molecule has 0 bridgehead atoms. The lowest BCUT2D eigenvalue weighted by atomic mass is 9.75. The highest BCUT2D eigenvalue weighted by molar-refractivity contribution is 6.30. The van der Waals surface area contributed by atoms with Crippen molar-refractivity contribution in [3.8, 4) is 5.75 Å². The number of aliphatic carboxylic acids is 1. The fourth-order valence-corrected chi connectivity index (χ4v) is 3.56. The summed E-state index contributed by atoms with van der Waals surface area (Å²) in [5, 5.41) is 10.6. The molecule has 1 aliphatic heterocycles. The molecule has 1 atom stereocenters. The Hall–Kier alpha value is -2.27. The van der Waals surface area contributed by atoms with Gasteiger partial charge in [0.15, 0.2) is 0 Å². The van der Waals surface area contributed by atoms with Crippen molar-refractivity contribution in [3.63, 3.8) is 0 Å². The number of methoxy groups -OCH3 is 1. The van der Waals surface area contributed by atoms with Crippen LogP contribution in [0.5, 0.6) is 5.75 Å². The number of carboxylic acid groups (broad SMARTS) is 1. The van der Waals surface area contributed by atoms with Crippen LogP contribution in [0.4, 0.5) is 5.82 Å². The second kappa shape index (κ2) is 7.31. The van der Waals surface area contributed by atoms with Crippen LogP contribution in [-0.2, 0) is 11.2 Å². The number of pyridine rings is 1. The third-order valence-corrected chi connectivity index (χ3v) is 4.97. The zero-order valence-electron chi connectivity index (χ0n) is 14.1. The summed E-state index contributed by atoms with van der Waals surface area (Å²) >= 11 is 5.91. The second-order valence-electron chi connectivity index (χ2n) is 6.47. The third-order valence-electron chi connectivity index (χ3n) is 4.74. The lowest BCUT2D eigenvalue weighted by molar-refractivity contribution is -0.149. The van der Waals surface area contributed by atoms with Gasteiger partial charge in [-0.1, -0.05) is 23.7 Å². The molecule has 25 heavy (non-hydrogen) atoms. The van der Waals surface area contributed by atoms with Crippen LogP contribution in [0.2, 0.25) is 5.02 Å². The van der Waals surface area contributed by atoms with Crippen LogP contribution in [0.15, 0.2) is 42.6 Å². The lowest BCUT2D eigenvalue weighted by Crippen LogP contribution is -2.49. The fourth-order valence-electron chi connectivity index (χ4n) is 3.45. The quantitative estimate of drug-likeness (QED) is 0.881. The van der Waals surface area contributed by atoms with Crippen molar-refractivity contribution >= 4 is 23.4 Å². The fraction of sp³-hybridized carbons (Fsp3) is 0.368. The van der Waals surface area contributed by atoms with Gasteiger partial charge in [0.2, 0.25) is 0 Å². The summed E-state index contributed by atoms with van der Waals surface area (Å²) in [6.45, 7) is 1.22. The molecule has 1 fully saturated rings. The van der Waals surface area contributed by atoms with E-state index in [1.54, 1.807) is 19.4 Å². The first-order valence-electron chi connectivity index (χ1n) is 8.25. The van der Waals surface area contributed by atoms with Crippen molar-refractivity contribution in [2.24, 2.45) is 5.41 Å². The molecular weight excluding hydrogens is 340 g/mol. The number of nitrogens with zero attached hydrogens (tertiary/aromatic N) is 2. The van der Waals surface area contributed by atoms with E-state index in [1.807, 2.05) is 35.2 Å². The van der Waals surface area contributed by atoms with E-state index in [1.165, 1.54) is 0 Å². The van der Waals surface area contributed by atoms with Crippen molar-refractivity contribution < 1.29 is 14.6 Å². The van der Waals surface area contributed by atoms with Gasteiger partial charge in [0.1, 0.15) is 11.6 Å². The number of hydrogen-bond donors (Lipinski definition) is 1. The van der Waals surface area contributed by atoms with Crippen LogP contribution in [0.25, 0.3) is 0 Å². The average Bonchev–Trinajstić information content (AvgIpc) is 2.62. The Labute approximate surface area is 152 Å². The molecular formula is C19H21ClN2O3. The number of rotatable bonds is 5. The summed E-state index contributed by atoms with van der Waals surface area (Å²) in [6, 6.07) is 11.2. The van der Waals surface area contributed by atoms with E-state index in [0.29, 0.717) is 24.4 Å². The molecule has 0 aliphatic carbocycles. The molecule has 1 aromatic heterocycles. The number of carbonyl (C=O) groups is 1. The van der Waals surface area contributed by atoms with E-state index in [4.69, 9.17) is 16.3 Å². The summed E-state index contributed by atoms with van der Waals surface area (Å²) in [4.78, 5) is 18.5. The minimum absolute atomic E-state index is 0.425. The molecule has 5 nitrogen and oxygen atoms in total. The smallest absolute Gasteiger partial charge is 0.311 e. The van der Waals surface area contributed by atoms with Gasteiger partial charge in [-0.2, -0.15) is 0 Å². The molecule has 0 radical (unpaired) electrons. The highest BCUT2D eigenvalue weighted by Crippen LogP contribution is 2.36. The minimum Gasteiger partial charge on any atom is -0.497 e. The average molecular weight is 361 g/mol. The molecule has 1 aromatic carbocycles. The predicted octanol–water partition coefficient (Wildman–Crippen LogP) is 3.66. The Morgan fingerprint density at radius 3 is 2.92 bits per heavy atom. The van der Waals surface area contributed by atoms with E-state index >= 15 is 0 Å². The van der Waals surface area contributed by atoms with Gasteiger partial charge in [0.05, 0.1) is 17.5 Å². The van der Waals surface area contributed by atoms with E-state index in [9.17, 15) is 9.90 Å². The largest absolute Gasteiger partial charge is 0.497 e. The zero-order chi connectivity index (χ0) is 17.9. The molecule has 132 valence electrons. The van der Waals surface area contributed by atoms with Crippen LogP contribution in [0.3, 0.4) is 0 Å². The van der Waals surface area contributed by atoms with Crippen molar-refractivity contribution in [3.05, 3.63) is 53.2 Å². The molecule has 1 saturated heterocycles. The molecule has 2 heterocycles. The normalized spacial score (nSPS) is 20.3. The van der Waals surface area contributed by atoms with E-state index in [-0.39, 0.29) is 0 Å². The first kappa shape index (κ1) is 17.5. The highest BCUT2D eigenvalue weighted by Gasteiger charge is 2.42. The number of hydrogen-bond acceptors (Lipinski definition) is 4. The summed E-state index contributed by atoms with van der Waals surface area (Å²) < 4.78 is 5.26. The Kier molecular flexibility index (Phi) is 5.13. The van der Waals surface area contributed by atoms with Gasteiger partial charge < -0.3 is 14.7 Å².